The summed E-state index contributed by atoms with van der Waals surface area (Å²) >= 11 is 0. The standard InChI is InChI=1S/C13H22N2O5/c1-9(2)15(8-11(16)17)13(19)14-6-4-10(5-7-14)12(18)20-3/h9-10H,4-8H2,1-3H3,(H,16,17). The van der Waals surface area contributed by atoms with Gasteiger partial charge in [-0.15, -0.1) is 0 Å². The Labute approximate surface area is 118 Å². The summed E-state index contributed by atoms with van der Waals surface area (Å²) in [5, 5.41) is 8.85. The van der Waals surface area contributed by atoms with Gasteiger partial charge in [-0.2, -0.15) is 0 Å². The van der Waals surface area contributed by atoms with E-state index in [2.05, 4.69) is 0 Å². The average Bonchev–Trinajstić information content (AvgIpc) is 2.43. The molecule has 0 aromatic rings. The number of carbonyl (C=O) groups excluding carboxylic acids is 2. The second kappa shape index (κ2) is 7.12. The van der Waals surface area contributed by atoms with Crippen LogP contribution >= 0.6 is 0 Å². The lowest BCUT2D eigenvalue weighted by atomic mass is 9.97. The number of aliphatic carboxylic acids is 1. The summed E-state index contributed by atoms with van der Waals surface area (Å²) in [7, 11) is 1.35. The van der Waals surface area contributed by atoms with E-state index >= 15 is 0 Å². The number of rotatable bonds is 4. The topological polar surface area (TPSA) is 87.2 Å². The number of piperidine rings is 1. The van der Waals surface area contributed by atoms with Gasteiger partial charge in [-0.3, -0.25) is 9.59 Å². The molecular weight excluding hydrogens is 264 g/mol. The minimum absolute atomic E-state index is 0.170. The van der Waals surface area contributed by atoms with E-state index < -0.39 is 5.97 Å². The maximum atomic E-state index is 12.3. The third-order valence-corrected chi connectivity index (χ3v) is 3.47. The lowest BCUT2D eigenvalue weighted by Crippen LogP contribution is -2.51. The van der Waals surface area contributed by atoms with E-state index in [0.29, 0.717) is 25.9 Å². The smallest absolute Gasteiger partial charge is 0.323 e. The molecule has 7 heteroatoms. The molecule has 0 aliphatic carbocycles. The Balaban J connectivity index is 2.60. The highest BCUT2D eigenvalue weighted by atomic mass is 16.5. The van der Waals surface area contributed by atoms with Crippen molar-refractivity contribution in [3.63, 3.8) is 0 Å². The van der Waals surface area contributed by atoms with Gasteiger partial charge in [-0.05, 0) is 26.7 Å². The summed E-state index contributed by atoms with van der Waals surface area (Å²) < 4.78 is 4.69. The van der Waals surface area contributed by atoms with Crippen molar-refractivity contribution < 1.29 is 24.2 Å². The highest BCUT2D eigenvalue weighted by Crippen LogP contribution is 2.20. The number of esters is 1. The fourth-order valence-electron chi connectivity index (χ4n) is 2.27. The number of likely N-dealkylation sites (tertiary alicyclic amines) is 1. The predicted octanol–water partition coefficient (Wildman–Crippen LogP) is 0.786. The second-order valence-corrected chi connectivity index (χ2v) is 5.18. The molecule has 7 nitrogen and oxygen atoms in total. The zero-order valence-electron chi connectivity index (χ0n) is 12.2. The van der Waals surface area contributed by atoms with Crippen molar-refractivity contribution in [1.29, 1.82) is 0 Å². The van der Waals surface area contributed by atoms with Gasteiger partial charge in [0.25, 0.3) is 0 Å². The maximum absolute atomic E-state index is 12.3. The van der Waals surface area contributed by atoms with E-state index in [9.17, 15) is 14.4 Å². The van der Waals surface area contributed by atoms with E-state index in [1.54, 1.807) is 18.7 Å². The summed E-state index contributed by atoms with van der Waals surface area (Å²) in [5.74, 6) is -1.45. The molecule has 2 amide bonds. The van der Waals surface area contributed by atoms with Crippen molar-refractivity contribution in [2.45, 2.75) is 32.7 Å². The first-order chi connectivity index (χ1) is 9.36. The minimum atomic E-state index is -1.03. The summed E-state index contributed by atoms with van der Waals surface area (Å²) in [6.45, 7) is 4.14. The van der Waals surface area contributed by atoms with Crippen LogP contribution in [0.4, 0.5) is 4.79 Å². The van der Waals surface area contributed by atoms with E-state index in [0.717, 1.165) is 0 Å². The van der Waals surface area contributed by atoms with Gasteiger partial charge in [0, 0.05) is 19.1 Å². The highest BCUT2D eigenvalue weighted by Gasteiger charge is 2.31. The molecule has 114 valence electrons. The molecule has 1 N–H and O–H groups in total. The molecule has 1 aliphatic heterocycles. The van der Waals surface area contributed by atoms with Crippen LogP contribution in [-0.4, -0.2) is 65.7 Å². The van der Waals surface area contributed by atoms with Crippen LogP contribution in [0.3, 0.4) is 0 Å². The number of ether oxygens (including phenoxy) is 1. The largest absolute Gasteiger partial charge is 0.480 e. The summed E-state index contributed by atoms with van der Waals surface area (Å²) in [6.07, 6.45) is 1.11. The summed E-state index contributed by atoms with van der Waals surface area (Å²) in [4.78, 5) is 37.4. The van der Waals surface area contributed by atoms with E-state index in [1.807, 2.05) is 0 Å². The normalized spacial score (nSPS) is 16.1. The SMILES string of the molecule is COC(=O)C1CCN(C(=O)N(CC(=O)O)C(C)C)CC1. The number of amides is 2. The van der Waals surface area contributed by atoms with Gasteiger partial charge < -0.3 is 19.6 Å². The molecule has 0 radical (unpaired) electrons. The van der Waals surface area contributed by atoms with Crippen LogP contribution in [-0.2, 0) is 14.3 Å². The van der Waals surface area contributed by atoms with E-state index in [4.69, 9.17) is 9.84 Å². The van der Waals surface area contributed by atoms with Gasteiger partial charge in [0.2, 0.25) is 0 Å². The third kappa shape index (κ3) is 4.11. The zero-order chi connectivity index (χ0) is 15.3. The van der Waals surface area contributed by atoms with Gasteiger partial charge in [0.15, 0.2) is 0 Å². The fourth-order valence-corrected chi connectivity index (χ4v) is 2.27. The molecular formula is C13H22N2O5. The minimum Gasteiger partial charge on any atom is -0.480 e. The number of hydrogen-bond donors (Lipinski definition) is 1. The molecule has 20 heavy (non-hydrogen) atoms. The lowest BCUT2D eigenvalue weighted by molar-refractivity contribution is -0.146. The van der Waals surface area contributed by atoms with Crippen molar-refractivity contribution in [3.05, 3.63) is 0 Å². The Morgan fingerprint density at radius 2 is 1.85 bits per heavy atom. The molecule has 1 aliphatic rings. The Morgan fingerprint density at radius 1 is 1.30 bits per heavy atom. The lowest BCUT2D eigenvalue weighted by Gasteiger charge is -2.36. The number of nitrogens with zero attached hydrogens (tertiary/aromatic N) is 2. The second-order valence-electron chi connectivity index (χ2n) is 5.18. The molecule has 1 heterocycles. The zero-order valence-corrected chi connectivity index (χ0v) is 12.2. The number of urea groups is 1. The van der Waals surface area contributed by atoms with Crippen LogP contribution in [0.5, 0.6) is 0 Å². The van der Waals surface area contributed by atoms with Crippen molar-refractivity contribution in [2.75, 3.05) is 26.7 Å². The van der Waals surface area contributed by atoms with Crippen LogP contribution in [0.25, 0.3) is 0 Å². The summed E-state index contributed by atoms with van der Waals surface area (Å²) in [6, 6.07) is -0.470. The Bertz CT molecular complexity index is 375. The van der Waals surface area contributed by atoms with Gasteiger partial charge in [-0.1, -0.05) is 0 Å². The van der Waals surface area contributed by atoms with Gasteiger partial charge in [0.05, 0.1) is 13.0 Å². The monoisotopic (exact) mass is 286 g/mol. The third-order valence-electron chi connectivity index (χ3n) is 3.47. The molecule has 1 rings (SSSR count). The molecule has 0 aromatic carbocycles. The van der Waals surface area contributed by atoms with E-state index in [1.165, 1.54) is 12.0 Å². The molecule has 0 bridgehead atoms. The maximum Gasteiger partial charge on any atom is 0.323 e. The number of carbonyl (C=O) groups is 3. The van der Waals surface area contributed by atoms with Crippen molar-refractivity contribution in [2.24, 2.45) is 5.92 Å². The molecule has 1 saturated heterocycles. The highest BCUT2D eigenvalue weighted by molar-refractivity contribution is 5.81. The average molecular weight is 286 g/mol. The molecule has 1 fully saturated rings. The number of carboxylic acid groups (broad SMARTS) is 1. The van der Waals surface area contributed by atoms with E-state index in [-0.39, 0.29) is 30.5 Å². The first-order valence-electron chi connectivity index (χ1n) is 6.72. The fraction of sp³-hybridized carbons (Fsp3) is 0.769. The van der Waals surface area contributed by atoms with Crippen LogP contribution in [0, 0.1) is 5.92 Å². The molecule has 0 atom stereocenters. The Kier molecular flexibility index (Phi) is 5.79. The Hall–Kier alpha value is -1.79. The number of methoxy groups -OCH3 is 1. The van der Waals surface area contributed by atoms with Crippen molar-refractivity contribution in [1.82, 2.24) is 9.80 Å². The van der Waals surface area contributed by atoms with Gasteiger partial charge in [0.1, 0.15) is 6.54 Å². The van der Waals surface area contributed by atoms with Crippen LogP contribution < -0.4 is 0 Å². The molecule has 0 spiro atoms. The first-order valence-corrected chi connectivity index (χ1v) is 6.72. The summed E-state index contributed by atoms with van der Waals surface area (Å²) in [5.41, 5.74) is 0. The Morgan fingerprint density at radius 3 is 2.25 bits per heavy atom. The van der Waals surface area contributed by atoms with Gasteiger partial charge in [-0.25, -0.2) is 4.79 Å². The molecule has 0 aromatic heterocycles. The number of hydrogen-bond acceptors (Lipinski definition) is 4. The van der Waals surface area contributed by atoms with Crippen LogP contribution in [0.2, 0.25) is 0 Å². The predicted molar refractivity (Wildman–Crippen MR) is 71.2 cm³/mol. The molecule has 0 saturated carbocycles. The van der Waals surface area contributed by atoms with Crippen LogP contribution in [0.15, 0.2) is 0 Å². The number of carboxylic acids is 1. The van der Waals surface area contributed by atoms with Gasteiger partial charge >= 0.3 is 18.0 Å². The van der Waals surface area contributed by atoms with Crippen molar-refractivity contribution in [3.8, 4) is 0 Å². The quantitative estimate of drug-likeness (QED) is 0.772. The van der Waals surface area contributed by atoms with Crippen LogP contribution in [0.1, 0.15) is 26.7 Å². The molecule has 0 unspecified atom stereocenters. The first kappa shape index (κ1) is 16.3. The van der Waals surface area contributed by atoms with Crippen molar-refractivity contribution >= 4 is 18.0 Å².